The summed E-state index contributed by atoms with van der Waals surface area (Å²) in [5, 5.41) is 0. The Morgan fingerprint density at radius 2 is 2.09 bits per heavy atom. The van der Waals surface area contributed by atoms with Gasteiger partial charge in [0.15, 0.2) is 0 Å². The molecule has 0 bridgehead atoms. The monoisotopic (exact) mass is 146 g/mol. The summed E-state index contributed by atoms with van der Waals surface area (Å²) in [4.78, 5) is 0. The fourth-order valence-electron chi connectivity index (χ4n) is 1.30. The molecule has 1 aliphatic carbocycles. The predicted molar refractivity (Wildman–Crippen MR) is 50.3 cm³/mol. The molecule has 0 aromatic heterocycles. The van der Waals surface area contributed by atoms with Gasteiger partial charge in [0.05, 0.1) is 0 Å². The lowest BCUT2D eigenvalue weighted by Crippen LogP contribution is -2.20. The minimum absolute atomic E-state index is 0.0660. The molecule has 58 valence electrons. The summed E-state index contributed by atoms with van der Waals surface area (Å²) >= 11 is 0. The highest BCUT2D eigenvalue weighted by atomic mass is 14.3. The third kappa shape index (κ3) is 1.35. The van der Waals surface area contributed by atoms with Crippen LogP contribution < -0.4 is 0 Å². The van der Waals surface area contributed by atoms with E-state index in [1.807, 2.05) is 12.2 Å². The van der Waals surface area contributed by atoms with E-state index < -0.39 is 0 Å². The van der Waals surface area contributed by atoms with Crippen molar-refractivity contribution in [3.05, 3.63) is 49.6 Å². The van der Waals surface area contributed by atoms with Crippen LogP contribution in [-0.2, 0) is 0 Å². The molecule has 0 aromatic carbocycles. The highest BCUT2D eigenvalue weighted by molar-refractivity contribution is 5.26. The van der Waals surface area contributed by atoms with Crippen LogP contribution in [0, 0.1) is 11.3 Å². The molecule has 0 amide bonds. The Balaban J connectivity index is 2.94. The lowest BCUT2D eigenvalue weighted by Gasteiger charge is -2.29. The molecule has 0 saturated carbocycles. The Morgan fingerprint density at radius 3 is 2.55 bits per heavy atom. The summed E-state index contributed by atoms with van der Waals surface area (Å²) in [7, 11) is 0. The van der Waals surface area contributed by atoms with Gasteiger partial charge in [0.2, 0.25) is 0 Å². The van der Waals surface area contributed by atoms with Crippen molar-refractivity contribution in [3.8, 4) is 0 Å². The van der Waals surface area contributed by atoms with Crippen molar-refractivity contribution in [2.45, 2.75) is 6.92 Å². The molecule has 0 aliphatic heterocycles. The summed E-state index contributed by atoms with van der Waals surface area (Å²) in [5.74, 6) is 0.394. The van der Waals surface area contributed by atoms with Crippen LogP contribution in [0.15, 0.2) is 49.6 Å². The van der Waals surface area contributed by atoms with Crippen molar-refractivity contribution in [2.24, 2.45) is 11.3 Å². The van der Waals surface area contributed by atoms with E-state index in [2.05, 4.69) is 44.4 Å². The fourth-order valence-corrected chi connectivity index (χ4v) is 1.30. The van der Waals surface area contributed by atoms with Crippen LogP contribution in [0.2, 0.25) is 0 Å². The minimum Gasteiger partial charge on any atom is -0.102 e. The maximum absolute atomic E-state index is 3.82. The number of hydrogen-bond donors (Lipinski definition) is 0. The highest BCUT2D eigenvalue weighted by Crippen LogP contribution is 2.34. The third-order valence-electron chi connectivity index (χ3n) is 2.30. The van der Waals surface area contributed by atoms with Crippen LogP contribution in [0.5, 0.6) is 0 Å². The van der Waals surface area contributed by atoms with E-state index in [0.29, 0.717) is 5.92 Å². The van der Waals surface area contributed by atoms with Gasteiger partial charge in [0.25, 0.3) is 0 Å². The van der Waals surface area contributed by atoms with Crippen molar-refractivity contribution in [1.82, 2.24) is 0 Å². The molecule has 0 N–H and O–H groups in total. The molecule has 0 heteroatoms. The molecule has 0 spiro atoms. The van der Waals surface area contributed by atoms with Crippen LogP contribution >= 0.6 is 0 Å². The van der Waals surface area contributed by atoms with Crippen molar-refractivity contribution in [2.75, 3.05) is 0 Å². The van der Waals surface area contributed by atoms with Crippen LogP contribution in [0.1, 0.15) is 6.92 Å². The minimum atomic E-state index is 0.0660. The zero-order valence-electron chi connectivity index (χ0n) is 6.96. The standard InChI is InChI=1S/C11H14/c1-4-10-8-6-7-9-11(10,3)5-2/h4-10H,1-2H2,3H3. The van der Waals surface area contributed by atoms with Gasteiger partial charge in [-0.1, -0.05) is 43.4 Å². The Morgan fingerprint density at radius 1 is 1.36 bits per heavy atom. The van der Waals surface area contributed by atoms with Crippen molar-refractivity contribution in [1.29, 1.82) is 0 Å². The summed E-state index contributed by atoms with van der Waals surface area (Å²) in [5.41, 5.74) is 0.0660. The Kier molecular flexibility index (Phi) is 2.13. The molecule has 1 aliphatic rings. The molecule has 2 atom stereocenters. The second-order valence-corrected chi connectivity index (χ2v) is 3.08. The first-order valence-electron chi connectivity index (χ1n) is 3.85. The largest absolute Gasteiger partial charge is 0.102 e. The van der Waals surface area contributed by atoms with E-state index in [1.54, 1.807) is 0 Å². The molecule has 0 heterocycles. The maximum Gasteiger partial charge on any atom is 0.0131 e. The quantitative estimate of drug-likeness (QED) is 0.525. The summed E-state index contributed by atoms with van der Waals surface area (Å²) in [6, 6.07) is 0. The van der Waals surface area contributed by atoms with Gasteiger partial charge in [0, 0.05) is 11.3 Å². The van der Waals surface area contributed by atoms with Gasteiger partial charge in [-0.25, -0.2) is 0 Å². The normalized spacial score (nSPS) is 35.2. The van der Waals surface area contributed by atoms with Gasteiger partial charge in [-0.05, 0) is 0 Å². The van der Waals surface area contributed by atoms with Gasteiger partial charge < -0.3 is 0 Å². The molecule has 0 radical (unpaired) electrons. The first kappa shape index (κ1) is 8.06. The zero-order chi connectivity index (χ0) is 8.32. The molecule has 0 nitrogen and oxygen atoms in total. The van der Waals surface area contributed by atoms with Gasteiger partial charge in [0.1, 0.15) is 0 Å². The molecule has 0 fully saturated rings. The molecular formula is C11H14. The van der Waals surface area contributed by atoms with Crippen LogP contribution in [-0.4, -0.2) is 0 Å². The summed E-state index contributed by atoms with van der Waals surface area (Å²) < 4.78 is 0. The van der Waals surface area contributed by atoms with Crippen molar-refractivity contribution in [3.63, 3.8) is 0 Å². The number of allylic oxidation sites excluding steroid dienone is 6. The van der Waals surface area contributed by atoms with E-state index in [-0.39, 0.29) is 5.41 Å². The average Bonchev–Trinajstić information content (AvgIpc) is 2.05. The average molecular weight is 146 g/mol. The number of hydrogen-bond acceptors (Lipinski definition) is 0. The molecule has 2 unspecified atom stereocenters. The Bertz CT molecular complexity index is 220. The molecular weight excluding hydrogens is 132 g/mol. The third-order valence-corrected chi connectivity index (χ3v) is 2.30. The molecule has 0 aromatic rings. The smallest absolute Gasteiger partial charge is 0.0131 e. The first-order valence-corrected chi connectivity index (χ1v) is 3.85. The zero-order valence-corrected chi connectivity index (χ0v) is 6.96. The van der Waals surface area contributed by atoms with Crippen LogP contribution in [0.3, 0.4) is 0 Å². The molecule has 0 saturated heterocycles. The van der Waals surface area contributed by atoms with Gasteiger partial charge >= 0.3 is 0 Å². The van der Waals surface area contributed by atoms with Gasteiger partial charge in [-0.15, -0.1) is 13.2 Å². The van der Waals surface area contributed by atoms with E-state index in [4.69, 9.17) is 0 Å². The second-order valence-electron chi connectivity index (χ2n) is 3.08. The lowest BCUT2D eigenvalue weighted by molar-refractivity contribution is 0.459. The maximum atomic E-state index is 3.82. The van der Waals surface area contributed by atoms with Crippen LogP contribution in [0.25, 0.3) is 0 Å². The Labute approximate surface area is 68.6 Å². The SMILES string of the molecule is C=CC1C=CC=CC1(C)C=C. The summed E-state index contributed by atoms with van der Waals surface area (Å²) in [6.45, 7) is 9.78. The predicted octanol–water partition coefficient (Wildman–Crippen LogP) is 3.11. The van der Waals surface area contributed by atoms with Crippen molar-refractivity contribution >= 4 is 0 Å². The first-order chi connectivity index (χ1) is 5.23. The number of rotatable bonds is 2. The topological polar surface area (TPSA) is 0 Å². The van der Waals surface area contributed by atoms with Gasteiger partial charge in [-0.3, -0.25) is 0 Å². The Hall–Kier alpha value is -1.04. The van der Waals surface area contributed by atoms with E-state index in [0.717, 1.165) is 0 Å². The van der Waals surface area contributed by atoms with Crippen molar-refractivity contribution < 1.29 is 0 Å². The van der Waals surface area contributed by atoms with Gasteiger partial charge in [-0.2, -0.15) is 0 Å². The van der Waals surface area contributed by atoms with E-state index >= 15 is 0 Å². The molecule has 11 heavy (non-hydrogen) atoms. The second kappa shape index (κ2) is 2.91. The fraction of sp³-hybridized carbons (Fsp3) is 0.273. The molecule has 1 rings (SSSR count). The van der Waals surface area contributed by atoms with E-state index in [9.17, 15) is 0 Å². The highest BCUT2D eigenvalue weighted by Gasteiger charge is 2.25. The lowest BCUT2D eigenvalue weighted by atomic mass is 9.75. The van der Waals surface area contributed by atoms with Crippen LogP contribution in [0.4, 0.5) is 0 Å². The summed E-state index contributed by atoms with van der Waals surface area (Å²) in [6.07, 6.45) is 12.3. The van der Waals surface area contributed by atoms with E-state index in [1.165, 1.54) is 0 Å².